The van der Waals surface area contributed by atoms with Gasteiger partial charge in [-0.3, -0.25) is 9.59 Å². The van der Waals surface area contributed by atoms with E-state index < -0.39 is 18.0 Å². The Morgan fingerprint density at radius 2 is 1.71 bits per heavy atom. The van der Waals surface area contributed by atoms with Gasteiger partial charge in [-0.2, -0.15) is 0 Å². The van der Waals surface area contributed by atoms with Gasteiger partial charge in [0.15, 0.2) is 0 Å². The number of carbonyl (C=O) groups excluding carboxylic acids is 3. The van der Waals surface area contributed by atoms with E-state index in [4.69, 9.17) is 4.74 Å². The Balaban J connectivity index is 1.37. The highest BCUT2D eigenvalue weighted by Gasteiger charge is 2.50. The molecule has 0 aliphatic carbocycles. The fraction of sp³-hybridized carbons (Fsp3) is 0.174. The Morgan fingerprint density at radius 1 is 0.968 bits per heavy atom. The first kappa shape index (κ1) is 19.3. The van der Waals surface area contributed by atoms with E-state index in [2.05, 4.69) is 5.32 Å². The van der Waals surface area contributed by atoms with Gasteiger partial charge in [0.25, 0.3) is 11.8 Å². The molecular formula is C23H19N3O4S. The quantitative estimate of drug-likeness (QED) is 0.677. The van der Waals surface area contributed by atoms with Crippen LogP contribution in [0.1, 0.15) is 16.1 Å². The van der Waals surface area contributed by atoms with Gasteiger partial charge in [-0.1, -0.05) is 24.3 Å². The second-order valence-electron chi connectivity index (χ2n) is 7.35. The number of hydrogen-bond donors (Lipinski definition) is 1. The topological polar surface area (TPSA) is 79.0 Å². The van der Waals surface area contributed by atoms with Crippen molar-refractivity contribution in [3.63, 3.8) is 0 Å². The molecule has 156 valence electrons. The van der Waals surface area contributed by atoms with Crippen LogP contribution in [0.15, 0.2) is 72.1 Å². The average molecular weight is 433 g/mol. The van der Waals surface area contributed by atoms with Crippen LogP contribution < -0.4 is 15.0 Å². The minimum absolute atomic E-state index is 0.182. The van der Waals surface area contributed by atoms with Crippen molar-refractivity contribution in [1.29, 1.82) is 0 Å². The summed E-state index contributed by atoms with van der Waals surface area (Å²) in [5.41, 5.74) is 0.428. The first-order chi connectivity index (χ1) is 15.1. The Morgan fingerprint density at radius 3 is 2.42 bits per heavy atom. The van der Waals surface area contributed by atoms with Crippen LogP contribution in [-0.4, -0.2) is 41.4 Å². The molecule has 2 fully saturated rings. The molecule has 2 aliphatic heterocycles. The van der Waals surface area contributed by atoms with Crippen LogP contribution in [0.25, 0.3) is 0 Å². The molecule has 2 atom stereocenters. The maximum Gasteiger partial charge on any atom is 0.329 e. The zero-order valence-electron chi connectivity index (χ0n) is 16.4. The predicted molar refractivity (Wildman–Crippen MR) is 117 cm³/mol. The monoisotopic (exact) mass is 433 g/mol. The Hall–Kier alpha value is -3.65. The Bertz CT molecular complexity index is 1120. The molecule has 8 heteroatoms. The summed E-state index contributed by atoms with van der Waals surface area (Å²) in [5, 5.41) is 4.72. The number of thiophene rings is 1. The molecule has 0 spiro atoms. The summed E-state index contributed by atoms with van der Waals surface area (Å²) >= 11 is 1.34. The summed E-state index contributed by atoms with van der Waals surface area (Å²) in [6.07, 6.45) is 0.553. The van der Waals surface area contributed by atoms with Gasteiger partial charge in [-0.05, 0) is 54.3 Å². The summed E-state index contributed by atoms with van der Waals surface area (Å²) in [4.78, 5) is 42.2. The number of rotatable bonds is 4. The molecule has 2 aliphatic rings. The lowest BCUT2D eigenvalue weighted by Crippen LogP contribution is -2.65. The lowest BCUT2D eigenvalue weighted by atomic mass is 10.0. The van der Waals surface area contributed by atoms with Crippen LogP contribution >= 0.6 is 11.3 Å². The van der Waals surface area contributed by atoms with E-state index >= 15 is 0 Å². The third-order valence-corrected chi connectivity index (χ3v) is 6.31. The zero-order valence-corrected chi connectivity index (χ0v) is 17.2. The average Bonchev–Trinajstić information content (AvgIpc) is 3.46. The molecule has 5 rings (SSSR count). The van der Waals surface area contributed by atoms with Crippen molar-refractivity contribution >= 4 is 34.9 Å². The number of para-hydroxylation sites is 1. The highest BCUT2D eigenvalue weighted by molar-refractivity contribution is 7.12. The second-order valence-corrected chi connectivity index (χ2v) is 8.30. The largest absolute Gasteiger partial charge is 0.457 e. The van der Waals surface area contributed by atoms with Crippen molar-refractivity contribution in [3.05, 3.63) is 77.0 Å². The van der Waals surface area contributed by atoms with E-state index in [0.29, 0.717) is 35.0 Å². The highest BCUT2D eigenvalue weighted by atomic mass is 32.1. The zero-order chi connectivity index (χ0) is 21.4. The summed E-state index contributed by atoms with van der Waals surface area (Å²) in [5.74, 6) is 0.707. The van der Waals surface area contributed by atoms with Crippen molar-refractivity contribution in [1.82, 2.24) is 10.2 Å². The number of hydrogen-bond acceptors (Lipinski definition) is 5. The van der Waals surface area contributed by atoms with E-state index in [1.807, 2.05) is 35.7 Å². The van der Waals surface area contributed by atoms with Crippen molar-refractivity contribution in [2.75, 3.05) is 11.4 Å². The second kappa shape index (κ2) is 7.88. The minimum atomic E-state index is -0.715. The van der Waals surface area contributed by atoms with Gasteiger partial charge in [0.1, 0.15) is 17.5 Å². The molecular weight excluding hydrogens is 414 g/mol. The number of benzene rings is 2. The van der Waals surface area contributed by atoms with Gasteiger partial charge in [-0.25, -0.2) is 9.69 Å². The van der Waals surface area contributed by atoms with E-state index in [-0.39, 0.29) is 11.9 Å². The van der Waals surface area contributed by atoms with E-state index in [1.54, 1.807) is 41.3 Å². The fourth-order valence-corrected chi connectivity index (χ4v) is 4.69. The molecule has 0 bridgehead atoms. The van der Waals surface area contributed by atoms with Gasteiger partial charge >= 0.3 is 6.03 Å². The predicted octanol–water partition coefficient (Wildman–Crippen LogP) is 3.88. The van der Waals surface area contributed by atoms with Crippen molar-refractivity contribution in [2.45, 2.75) is 18.5 Å². The van der Waals surface area contributed by atoms with Gasteiger partial charge in [-0.15, -0.1) is 11.3 Å². The maximum absolute atomic E-state index is 13.3. The van der Waals surface area contributed by atoms with Crippen LogP contribution in [0.4, 0.5) is 10.5 Å². The lowest BCUT2D eigenvalue weighted by Gasteiger charge is -2.36. The van der Waals surface area contributed by atoms with Gasteiger partial charge in [0.05, 0.1) is 16.6 Å². The van der Waals surface area contributed by atoms with E-state index in [1.165, 1.54) is 11.3 Å². The summed E-state index contributed by atoms with van der Waals surface area (Å²) in [6, 6.07) is 18.1. The molecule has 1 aromatic heterocycles. The van der Waals surface area contributed by atoms with Crippen LogP contribution in [-0.2, 0) is 4.79 Å². The number of urea groups is 1. The number of fused-ring (bicyclic) bond motifs is 1. The number of ether oxygens (including phenoxy) is 1. The van der Waals surface area contributed by atoms with Crippen molar-refractivity contribution in [2.24, 2.45) is 0 Å². The molecule has 7 nitrogen and oxygen atoms in total. The van der Waals surface area contributed by atoms with Gasteiger partial charge < -0.3 is 15.0 Å². The Kier molecular flexibility index (Phi) is 4.91. The Labute approximate surface area is 182 Å². The fourth-order valence-electron chi connectivity index (χ4n) is 4.01. The molecule has 31 heavy (non-hydrogen) atoms. The number of imide groups is 1. The van der Waals surface area contributed by atoms with E-state index in [9.17, 15) is 14.4 Å². The molecule has 4 amide bonds. The van der Waals surface area contributed by atoms with Crippen molar-refractivity contribution < 1.29 is 19.1 Å². The van der Waals surface area contributed by atoms with Crippen LogP contribution in [0.3, 0.4) is 0 Å². The molecule has 2 unspecified atom stereocenters. The number of anilines is 1. The maximum atomic E-state index is 13.3. The molecule has 2 saturated heterocycles. The molecule has 0 radical (unpaired) electrons. The smallest absolute Gasteiger partial charge is 0.329 e. The minimum Gasteiger partial charge on any atom is -0.457 e. The van der Waals surface area contributed by atoms with Gasteiger partial charge in [0, 0.05) is 6.54 Å². The summed E-state index contributed by atoms with van der Waals surface area (Å²) in [6.45, 7) is 0.426. The normalized spacial score (nSPS) is 20.4. The molecule has 0 saturated carbocycles. The first-order valence-electron chi connectivity index (χ1n) is 9.94. The number of amides is 4. The highest BCUT2D eigenvalue weighted by Crippen LogP contribution is 2.31. The standard InChI is InChI=1S/C23H19N3O4S/c27-21(19-7-4-14-31-19)25-13-12-18-20(25)22(28)26(23(29)24-18)15-8-10-17(11-9-15)30-16-5-2-1-3-6-16/h1-11,14,18,20H,12-13H2,(H,24,29). The third-order valence-electron chi connectivity index (χ3n) is 5.45. The first-order valence-corrected chi connectivity index (χ1v) is 10.8. The summed E-state index contributed by atoms with van der Waals surface area (Å²) < 4.78 is 5.78. The van der Waals surface area contributed by atoms with Gasteiger partial charge in [0.2, 0.25) is 0 Å². The van der Waals surface area contributed by atoms with E-state index in [0.717, 1.165) is 4.90 Å². The summed E-state index contributed by atoms with van der Waals surface area (Å²) in [7, 11) is 0. The number of likely N-dealkylation sites (tertiary alicyclic amines) is 1. The molecule has 3 heterocycles. The lowest BCUT2D eigenvalue weighted by molar-refractivity contribution is -0.122. The van der Waals surface area contributed by atoms with Crippen LogP contribution in [0, 0.1) is 0 Å². The number of nitrogens with one attached hydrogen (secondary N) is 1. The van der Waals surface area contributed by atoms with Crippen molar-refractivity contribution in [3.8, 4) is 11.5 Å². The molecule has 2 aromatic carbocycles. The number of carbonyl (C=O) groups is 3. The SMILES string of the molecule is O=C1NC2CCN(C(=O)c3cccs3)C2C(=O)N1c1ccc(Oc2ccccc2)cc1. The third kappa shape index (κ3) is 3.55. The molecule has 3 aromatic rings. The van der Waals surface area contributed by atoms with Crippen LogP contribution in [0.2, 0.25) is 0 Å². The molecule has 1 N–H and O–H groups in total. The van der Waals surface area contributed by atoms with Crippen LogP contribution in [0.5, 0.6) is 11.5 Å². The number of nitrogens with zero attached hydrogens (tertiary/aromatic N) is 2.